The molecule has 3 atom stereocenters. The molecule has 138 valence electrons. The molecule has 2 aliphatic heterocycles. The van der Waals surface area contributed by atoms with Gasteiger partial charge in [0.15, 0.2) is 0 Å². The van der Waals surface area contributed by atoms with Gasteiger partial charge in [0, 0.05) is 32.3 Å². The van der Waals surface area contributed by atoms with Crippen LogP contribution < -0.4 is 10.6 Å². The molecule has 2 fully saturated rings. The summed E-state index contributed by atoms with van der Waals surface area (Å²) in [5.74, 6) is 0.124. The smallest absolute Gasteiger partial charge is 0.237 e. The van der Waals surface area contributed by atoms with E-state index >= 15 is 0 Å². The minimum atomic E-state index is -0.0808. The molecular weight excluding hydrogens is 314 g/mol. The molecule has 3 unspecified atom stereocenters. The number of likely N-dealkylation sites (tertiary alicyclic amines) is 1. The molecule has 2 aliphatic rings. The predicted octanol–water partition coefficient (Wildman–Crippen LogP) is 1.92. The Morgan fingerprint density at radius 3 is 2.88 bits per heavy atom. The third-order valence-electron chi connectivity index (χ3n) is 5.35. The van der Waals surface area contributed by atoms with Gasteiger partial charge in [-0.15, -0.1) is 0 Å². The van der Waals surface area contributed by atoms with Crippen molar-refractivity contribution < 1.29 is 9.53 Å². The molecule has 3 rings (SSSR count). The summed E-state index contributed by atoms with van der Waals surface area (Å²) in [6.07, 6.45) is 4.68. The second kappa shape index (κ2) is 9.32. The van der Waals surface area contributed by atoms with E-state index in [1.54, 1.807) is 0 Å². The van der Waals surface area contributed by atoms with Crippen molar-refractivity contribution in [2.24, 2.45) is 0 Å². The number of ether oxygens (including phenoxy) is 1. The summed E-state index contributed by atoms with van der Waals surface area (Å²) in [6.45, 7) is 6.31. The summed E-state index contributed by atoms with van der Waals surface area (Å²) in [7, 11) is 0. The molecule has 5 nitrogen and oxygen atoms in total. The summed E-state index contributed by atoms with van der Waals surface area (Å²) in [4.78, 5) is 14.8. The van der Waals surface area contributed by atoms with Crippen LogP contribution in [0.4, 0.5) is 0 Å². The maximum Gasteiger partial charge on any atom is 0.237 e. The Morgan fingerprint density at radius 2 is 2.12 bits per heavy atom. The van der Waals surface area contributed by atoms with Crippen molar-refractivity contribution in [1.29, 1.82) is 0 Å². The van der Waals surface area contributed by atoms with E-state index in [9.17, 15) is 4.79 Å². The number of amides is 1. The molecule has 2 N–H and O–H groups in total. The summed E-state index contributed by atoms with van der Waals surface area (Å²) in [5.41, 5.74) is 1.31. The minimum Gasteiger partial charge on any atom is -0.376 e. The van der Waals surface area contributed by atoms with Gasteiger partial charge < -0.3 is 15.4 Å². The van der Waals surface area contributed by atoms with E-state index in [1.165, 1.54) is 12.0 Å². The van der Waals surface area contributed by atoms with Gasteiger partial charge in [0.05, 0.1) is 12.1 Å². The molecule has 2 heterocycles. The van der Waals surface area contributed by atoms with Gasteiger partial charge in [-0.2, -0.15) is 0 Å². The summed E-state index contributed by atoms with van der Waals surface area (Å²) in [6, 6.07) is 10.9. The Labute approximate surface area is 151 Å². The first kappa shape index (κ1) is 18.4. The number of benzene rings is 1. The lowest BCUT2D eigenvalue weighted by molar-refractivity contribution is -0.126. The fourth-order valence-electron chi connectivity index (χ4n) is 3.72. The quantitative estimate of drug-likeness (QED) is 0.793. The van der Waals surface area contributed by atoms with Crippen molar-refractivity contribution in [3.8, 4) is 0 Å². The molecule has 0 saturated carbocycles. The second-order valence-corrected chi connectivity index (χ2v) is 7.26. The number of carbonyl (C=O) groups is 1. The molecule has 1 amide bonds. The molecule has 25 heavy (non-hydrogen) atoms. The molecule has 0 aliphatic carbocycles. The van der Waals surface area contributed by atoms with Crippen molar-refractivity contribution in [3.05, 3.63) is 35.9 Å². The van der Waals surface area contributed by atoms with E-state index in [-0.39, 0.29) is 18.1 Å². The van der Waals surface area contributed by atoms with Crippen LogP contribution in [0.3, 0.4) is 0 Å². The number of rotatable bonds is 7. The van der Waals surface area contributed by atoms with Crippen LogP contribution in [-0.4, -0.2) is 55.2 Å². The number of nitrogens with zero attached hydrogens (tertiary/aromatic N) is 1. The SMILES string of the molecule is CC(C(=O)NCC1CCCO1)N1CCCC(NCc2ccccc2)C1. The van der Waals surface area contributed by atoms with Crippen LogP contribution >= 0.6 is 0 Å². The standard InChI is InChI=1S/C20H31N3O2/c1-16(20(24)22-14-19-10-6-12-25-19)23-11-5-9-18(15-23)21-13-17-7-3-2-4-8-17/h2-4,7-8,16,18-19,21H,5-6,9-15H2,1H3,(H,22,24). The third-order valence-corrected chi connectivity index (χ3v) is 5.35. The molecule has 0 aromatic heterocycles. The van der Waals surface area contributed by atoms with Crippen molar-refractivity contribution in [2.45, 2.75) is 57.3 Å². The first-order valence-corrected chi connectivity index (χ1v) is 9.63. The Morgan fingerprint density at radius 1 is 1.28 bits per heavy atom. The highest BCUT2D eigenvalue weighted by molar-refractivity contribution is 5.81. The van der Waals surface area contributed by atoms with Crippen LogP contribution in [-0.2, 0) is 16.1 Å². The van der Waals surface area contributed by atoms with E-state index in [2.05, 4.69) is 39.8 Å². The third kappa shape index (κ3) is 5.53. The Hall–Kier alpha value is -1.43. The lowest BCUT2D eigenvalue weighted by atomic mass is 10.0. The number of hydrogen-bond donors (Lipinski definition) is 2. The molecule has 2 saturated heterocycles. The zero-order valence-corrected chi connectivity index (χ0v) is 15.2. The largest absolute Gasteiger partial charge is 0.376 e. The van der Waals surface area contributed by atoms with E-state index in [1.807, 2.05) is 13.0 Å². The van der Waals surface area contributed by atoms with Gasteiger partial charge in [-0.3, -0.25) is 9.69 Å². The van der Waals surface area contributed by atoms with Crippen molar-refractivity contribution in [3.63, 3.8) is 0 Å². The van der Waals surface area contributed by atoms with Crippen LogP contribution in [0.15, 0.2) is 30.3 Å². The van der Waals surface area contributed by atoms with Crippen molar-refractivity contribution in [1.82, 2.24) is 15.5 Å². The Balaban J connectivity index is 1.42. The lowest BCUT2D eigenvalue weighted by Crippen LogP contribution is -2.53. The average Bonchev–Trinajstić information content (AvgIpc) is 3.18. The van der Waals surface area contributed by atoms with Gasteiger partial charge in [0.2, 0.25) is 5.91 Å². The van der Waals surface area contributed by atoms with Gasteiger partial charge in [-0.25, -0.2) is 0 Å². The highest BCUT2D eigenvalue weighted by Crippen LogP contribution is 2.15. The van der Waals surface area contributed by atoms with E-state index in [0.717, 1.165) is 45.5 Å². The minimum absolute atomic E-state index is 0.0808. The van der Waals surface area contributed by atoms with Crippen LogP contribution in [0.2, 0.25) is 0 Å². The molecular formula is C20H31N3O2. The molecule has 0 spiro atoms. The van der Waals surface area contributed by atoms with E-state index < -0.39 is 0 Å². The number of carbonyl (C=O) groups excluding carboxylic acids is 1. The van der Waals surface area contributed by atoms with Gasteiger partial charge in [0.25, 0.3) is 0 Å². The average molecular weight is 345 g/mol. The zero-order valence-electron chi connectivity index (χ0n) is 15.2. The molecule has 0 bridgehead atoms. The second-order valence-electron chi connectivity index (χ2n) is 7.26. The number of piperidine rings is 1. The molecule has 5 heteroatoms. The van der Waals surface area contributed by atoms with Gasteiger partial charge in [-0.1, -0.05) is 30.3 Å². The summed E-state index contributed by atoms with van der Waals surface area (Å²) >= 11 is 0. The first-order valence-electron chi connectivity index (χ1n) is 9.63. The van der Waals surface area contributed by atoms with Gasteiger partial charge in [-0.05, 0) is 44.7 Å². The highest BCUT2D eigenvalue weighted by Gasteiger charge is 2.27. The number of hydrogen-bond acceptors (Lipinski definition) is 4. The summed E-state index contributed by atoms with van der Waals surface area (Å²) in [5, 5.41) is 6.71. The van der Waals surface area contributed by atoms with E-state index in [4.69, 9.17) is 4.74 Å². The van der Waals surface area contributed by atoms with E-state index in [0.29, 0.717) is 12.6 Å². The fourth-order valence-corrected chi connectivity index (χ4v) is 3.72. The van der Waals surface area contributed by atoms with Crippen LogP contribution in [0.1, 0.15) is 38.2 Å². The fraction of sp³-hybridized carbons (Fsp3) is 0.650. The first-order chi connectivity index (χ1) is 12.2. The maximum atomic E-state index is 12.5. The van der Waals surface area contributed by atoms with Gasteiger partial charge in [0.1, 0.15) is 0 Å². The van der Waals surface area contributed by atoms with Crippen LogP contribution in [0.5, 0.6) is 0 Å². The number of nitrogens with one attached hydrogen (secondary N) is 2. The monoisotopic (exact) mass is 345 g/mol. The molecule has 1 aromatic carbocycles. The molecule has 1 aromatic rings. The maximum absolute atomic E-state index is 12.5. The Kier molecular flexibility index (Phi) is 6.84. The topological polar surface area (TPSA) is 53.6 Å². The normalized spacial score (nSPS) is 25.6. The molecule has 0 radical (unpaired) electrons. The van der Waals surface area contributed by atoms with Crippen molar-refractivity contribution >= 4 is 5.91 Å². The van der Waals surface area contributed by atoms with Crippen molar-refractivity contribution in [2.75, 3.05) is 26.2 Å². The summed E-state index contributed by atoms with van der Waals surface area (Å²) < 4.78 is 5.58. The highest BCUT2D eigenvalue weighted by atomic mass is 16.5. The van der Waals surface area contributed by atoms with Gasteiger partial charge >= 0.3 is 0 Å². The Bertz CT molecular complexity index is 531. The van der Waals surface area contributed by atoms with Crippen LogP contribution in [0.25, 0.3) is 0 Å². The zero-order chi connectivity index (χ0) is 17.5. The predicted molar refractivity (Wildman–Crippen MR) is 99.3 cm³/mol. The van der Waals surface area contributed by atoms with Crippen LogP contribution in [0, 0.1) is 0 Å². The lowest BCUT2D eigenvalue weighted by Gasteiger charge is -2.36.